The number of halogens is 1. The van der Waals surface area contributed by atoms with Gasteiger partial charge in [0.05, 0.1) is 6.04 Å². The van der Waals surface area contributed by atoms with Crippen LogP contribution in [0.5, 0.6) is 0 Å². The number of thiophene rings is 1. The van der Waals surface area contributed by atoms with Crippen LogP contribution in [0, 0.1) is 13.8 Å². The molecule has 0 aliphatic carbocycles. The second-order valence-corrected chi connectivity index (χ2v) is 9.01. The van der Waals surface area contributed by atoms with E-state index < -0.39 is 0 Å². The highest BCUT2D eigenvalue weighted by atomic mass is 35.5. The Bertz CT molecular complexity index is 1190. The van der Waals surface area contributed by atoms with E-state index in [1.165, 1.54) is 4.88 Å². The Balaban J connectivity index is 1.76. The Kier molecular flexibility index (Phi) is 6.40. The lowest BCUT2D eigenvalue weighted by atomic mass is 9.96. The van der Waals surface area contributed by atoms with Gasteiger partial charge in [0.2, 0.25) is 0 Å². The van der Waals surface area contributed by atoms with Gasteiger partial charge in [-0.05, 0) is 55.3 Å². The minimum atomic E-state index is -0.143. The van der Waals surface area contributed by atoms with Crippen molar-refractivity contribution in [2.45, 2.75) is 19.9 Å². The number of amides is 1. The molecular formula is C26H23ClN2OS. The van der Waals surface area contributed by atoms with E-state index in [1.54, 1.807) is 11.3 Å². The summed E-state index contributed by atoms with van der Waals surface area (Å²) in [5, 5.41) is 8.31. The third kappa shape index (κ3) is 4.82. The fourth-order valence-corrected chi connectivity index (χ4v) is 4.85. The fourth-order valence-electron chi connectivity index (χ4n) is 3.56. The average Bonchev–Trinajstić information content (AvgIpc) is 3.06. The number of hydrogen-bond donors (Lipinski definition) is 2. The molecule has 0 fully saturated rings. The lowest BCUT2D eigenvalue weighted by molar-refractivity contribution is 0.102. The van der Waals surface area contributed by atoms with E-state index in [4.69, 9.17) is 11.6 Å². The predicted molar refractivity (Wildman–Crippen MR) is 132 cm³/mol. The summed E-state index contributed by atoms with van der Waals surface area (Å²) in [4.78, 5) is 14.1. The van der Waals surface area contributed by atoms with Crippen LogP contribution in [-0.2, 0) is 0 Å². The molecule has 1 heterocycles. The molecule has 0 saturated carbocycles. The van der Waals surface area contributed by atoms with Crippen LogP contribution in [0.2, 0.25) is 5.02 Å². The van der Waals surface area contributed by atoms with Gasteiger partial charge in [0.15, 0.2) is 0 Å². The summed E-state index contributed by atoms with van der Waals surface area (Å²) < 4.78 is 0. The highest BCUT2D eigenvalue weighted by Crippen LogP contribution is 2.41. The Hall–Kier alpha value is -3.08. The highest BCUT2D eigenvalue weighted by molar-refractivity contribution is 7.16. The number of aryl methyl sites for hydroxylation is 1. The summed E-state index contributed by atoms with van der Waals surface area (Å²) >= 11 is 7.83. The zero-order chi connectivity index (χ0) is 21.8. The maximum Gasteiger partial charge on any atom is 0.256 e. The van der Waals surface area contributed by atoms with Crippen LogP contribution in [0.15, 0.2) is 84.9 Å². The first-order valence-electron chi connectivity index (χ1n) is 10.1. The molecule has 0 aliphatic rings. The van der Waals surface area contributed by atoms with Crippen molar-refractivity contribution in [2.75, 3.05) is 10.6 Å². The van der Waals surface area contributed by atoms with Crippen molar-refractivity contribution >= 4 is 39.5 Å². The minimum absolute atomic E-state index is 0.113. The lowest BCUT2D eigenvalue weighted by Gasteiger charge is -2.23. The number of benzene rings is 3. The van der Waals surface area contributed by atoms with Gasteiger partial charge in [-0.25, -0.2) is 0 Å². The van der Waals surface area contributed by atoms with Crippen molar-refractivity contribution in [3.8, 4) is 0 Å². The predicted octanol–water partition coefficient (Wildman–Crippen LogP) is 7.47. The van der Waals surface area contributed by atoms with E-state index in [0.29, 0.717) is 10.6 Å². The number of carbonyl (C=O) groups excluding carboxylic acids is 1. The van der Waals surface area contributed by atoms with E-state index in [9.17, 15) is 4.79 Å². The third-order valence-electron chi connectivity index (χ3n) is 5.25. The summed E-state index contributed by atoms with van der Waals surface area (Å²) in [6, 6.07) is 27.1. The van der Waals surface area contributed by atoms with Crippen molar-refractivity contribution in [2.24, 2.45) is 0 Å². The molecule has 1 amide bonds. The molecule has 1 atom stereocenters. The molecule has 0 unspecified atom stereocenters. The molecule has 1 aromatic heterocycles. The molecule has 0 radical (unpaired) electrons. The zero-order valence-corrected chi connectivity index (χ0v) is 18.9. The molecule has 0 spiro atoms. The van der Waals surface area contributed by atoms with Gasteiger partial charge in [0.25, 0.3) is 5.91 Å². The summed E-state index contributed by atoms with van der Waals surface area (Å²) in [6.45, 7) is 4.19. The van der Waals surface area contributed by atoms with Gasteiger partial charge in [0, 0.05) is 26.7 Å². The minimum Gasteiger partial charge on any atom is -0.374 e. The van der Waals surface area contributed by atoms with E-state index in [-0.39, 0.29) is 11.9 Å². The van der Waals surface area contributed by atoms with Gasteiger partial charge >= 0.3 is 0 Å². The van der Waals surface area contributed by atoms with E-state index in [2.05, 4.69) is 36.6 Å². The Morgan fingerprint density at radius 3 is 2.26 bits per heavy atom. The molecule has 31 heavy (non-hydrogen) atoms. The van der Waals surface area contributed by atoms with Gasteiger partial charge in [-0.1, -0.05) is 66.2 Å². The Labute approximate surface area is 191 Å². The van der Waals surface area contributed by atoms with Crippen LogP contribution in [0.3, 0.4) is 0 Å². The van der Waals surface area contributed by atoms with Crippen molar-refractivity contribution in [3.05, 3.63) is 117 Å². The van der Waals surface area contributed by atoms with Crippen LogP contribution < -0.4 is 10.6 Å². The third-order valence-corrected chi connectivity index (χ3v) is 6.63. The second-order valence-electron chi connectivity index (χ2n) is 7.34. The summed E-state index contributed by atoms with van der Waals surface area (Å²) in [5.41, 5.74) is 4.90. The molecule has 156 valence electrons. The molecule has 4 aromatic rings. The monoisotopic (exact) mass is 446 g/mol. The lowest BCUT2D eigenvalue weighted by Crippen LogP contribution is -2.17. The molecule has 4 rings (SSSR count). The van der Waals surface area contributed by atoms with E-state index in [1.807, 2.05) is 72.8 Å². The summed E-state index contributed by atoms with van der Waals surface area (Å²) in [7, 11) is 0. The van der Waals surface area contributed by atoms with Gasteiger partial charge < -0.3 is 10.6 Å². The SMILES string of the molecule is Cc1sc(NC(=O)c2ccccc2)c([C@H](Nc2cccc(Cl)c2)c2ccccc2)c1C. The maximum absolute atomic E-state index is 12.9. The molecule has 5 heteroatoms. The van der Waals surface area contributed by atoms with Crippen molar-refractivity contribution in [3.63, 3.8) is 0 Å². The van der Waals surface area contributed by atoms with Gasteiger partial charge in [-0.3, -0.25) is 4.79 Å². The van der Waals surface area contributed by atoms with Crippen molar-refractivity contribution in [1.82, 2.24) is 0 Å². The van der Waals surface area contributed by atoms with Crippen LogP contribution in [0.25, 0.3) is 0 Å². The van der Waals surface area contributed by atoms with Crippen LogP contribution in [0.4, 0.5) is 10.7 Å². The maximum atomic E-state index is 12.9. The summed E-state index contributed by atoms with van der Waals surface area (Å²) in [6.07, 6.45) is 0. The molecule has 2 N–H and O–H groups in total. The number of nitrogens with one attached hydrogen (secondary N) is 2. The largest absolute Gasteiger partial charge is 0.374 e. The molecule has 3 nitrogen and oxygen atoms in total. The van der Waals surface area contributed by atoms with Crippen molar-refractivity contribution in [1.29, 1.82) is 0 Å². The van der Waals surface area contributed by atoms with Gasteiger partial charge in [0.1, 0.15) is 5.00 Å². The fraction of sp³-hybridized carbons (Fsp3) is 0.115. The quantitative estimate of drug-likeness (QED) is 0.322. The molecule has 0 saturated heterocycles. The number of anilines is 2. The number of hydrogen-bond acceptors (Lipinski definition) is 3. The first-order valence-corrected chi connectivity index (χ1v) is 11.3. The standard InChI is InChI=1S/C26H23ClN2OS/c1-17-18(2)31-26(29-25(30)20-12-7-4-8-13-20)23(17)24(19-10-5-3-6-11-19)28-22-15-9-14-21(27)16-22/h3-16,24,28H,1-2H3,(H,29,30)/t24-/m1/s1. The Morgan fingerprint density at radius 2 is 1.58 bits per heavy atom. The Morgan fingerprint density at radius 1 is 0.903 bits per heavy atom. The van der Waals surface area contributed by atoms with Crippen LogP contribution >= 0.6 is 22.9 Å². The normalized spacial score (nSPS) is 11.7. The van der Waals surface area contributed by atoms with Crippen LogP contribution in [0.1, 0.15) is 38.0 Å². The molecule has 0 aliphatic heterocycles. The van der Waals surface area contributed by atoms with Crippen LogP contribution in [-0.4, -0.2) is 5.91 Å². The zero-order valence-electron chi connectivity index (χ0n) is 17.4. The van der Waals surface area contributed by atoms with E-state index in [0.717, 1.165) is 27.4 Å². The first kappa shape index (κ1) is 21.2. The highest BCUT2D eigenvalue weighted by Gasteiger charge is 2.25. The molecular weight excluding hydrogens is 424 g/mol. The smallest absolute Gasteiger partial charge is 0.256 e. The molecule has 3 aromatic carbocycles. The summed E-state index contributed by atoms with van der Waals surface area (Å²) in [5.74, 6) is -0.113. The first-order chi connectivity index (χ1) is 15.0. The van der Waals surface area contributed by atoms with Gasteiger partial charge in [-0.15, -0.1) is 11.3 Å². The average molecular weight is 447 g/mol. The number of rotatable bonds is 6. The van der Waals surface area contributed by atoms with Crippen molar-refractivity contribution < 1.29 is 4.79 Å². The molecule has 0 bridgehead atoms. The topological polar surface area (TPSA) is 41.1 Å². The second kappa shape index (κ2) is 9.38. The van der Waals surface area contributed by atoms with E-state index >= 15 is 0 Å². The number of carbonyl (C=O) groups is 1. The van der Waals surface area contributed by atoms with Gasteiger partial charge in [-0.2, -0.15) is 0 Å².